The molecule has 3 heteroatoms. The van der Waals surface area contributed by atoms with Crippen molar-refractivity contribution < 1.29 is 0 Å². The maximum Gasteiger partial charge on any atom is 0.0413 e. The van der Waals surface area contributed by atoms with Gasteiger partial charge < -0.3 is 5.32 Å². The lowest BCUT2D eigenvalue weighted by Crippen LogP contribution is -2.32. The van der Waals surface area contributed by atoms with Gasteiger partial charge in [-0.05, 0) is 66.7 Å². The van der Waals surface area contributed by atoms with Crippen LogP contribution in [0.2, 0.25) is 0 Å². The zero-order valence-corrected chi connectivity index (χ0v) is 11.3. The normalized spacial score (nSPS) is 25.6. The molecule has 0 radical (unpaired) electrons. The Morgan fingerprint density at radius 2 is 2.31 bits per heavy atom. The van der Waals surface area contributed by atoms with Crippen LogP contribution in [-0.4, -0.2) is 18.1 Å². The highest BCUT2D eigenvalue weighted by Gasteiger charge is 2.21. The first kappa shape index (κ1) is 12.1. The average molecular weight is 283 g/mol. The fourth-order valence-electron chi connectivity index (χ4n) is 2.56. The standard InChI is InChI=1S/C13H19BrN2/c1-15-12-4-2-3-10(7-12)8-13-6-5-11(14)9-16-13/h5-6,9-10,12,15H,2-4,7-8H2,1H3. The maximum absolute atomic E-state index is 4.46. The van der Waals surface area contributed by atoms with Crippen molar-refractivity contribution >= 4 is 15.9 Å². The molecule has 1 fully saturated rings. The molecule has 1 aliphatic carbocycles. The van der Waals surface area contributed by atoms with Crippen molar-refractivity contribution in [2.75, 3.05) is 7.05 Å². The second kappa shape index (κ2) is 5.78. The molecular formula is C13H19BrN2. The summed E-state index contributed by atoms with van der Waals surface area (Å²) in [5, 5.41) is 3.40. The van der Waals surface area contributed by atoms with Gasteiger partial charge in [0.25, 0.3) is 0 Å². The van der Waals surface area contributed by atoms with Crippen LogP contribution in [0.15, 0.2) is 22.8 Å². The molecule has 1 aromatic heterocycles. The van der Waals surface area contributed by atoms with Crippen molar-refractivity contribution in [1.82, 2.24) is 10.3 Å². The van der Waals surface area contributed by atoms with Crippen LogP contribution in [0.5, 0.6) is 0 Å². The second-order valence-corrected chi connectivity index (χ2v) is 5.61. The van der Waals surface area contributed by atoms with E-state index in [2.05, 4.69) is 45.4 Å². The number of nitrogens with zero attached hydrogens (tertiary/aromatic N) is 1. The molecule has 1 aliphatic rings. The Labute approximate surface area is 106 Å². The van der Waals surface area contributed by atoms with Crippen LogP contribution in [-0.2, 0) is 6.42 Å². The molecule has 0 spiro atoms. The lowest BCUT2D eigenvalue weighted by molar-refractivity contribution is 0.293. The van der Waals surface area contributed by atoms with Crippen LogP contribution < -0.4 is 5.32 Å². The lowest BCUT2D eigenvalue weighted by atomic mass is 9.83. The highest BCUT2D eigenvalue weighted by molar-refractivity contribution is 9.10. The molecule has 0 bridgehead atoms. The Kier molecular flexibility index (Phi) is 4.36. The van der Waals surface area contributed by atoms with Gasteiger partial charge in [0.1, 0.15) is 0 Å². The summed E-state index contributed by atoms with van der Waals surface area (Å²) >= 11 is 3.42. The van der Waals surface area contributed by atoms with Crippen LogP contribution in [0.1, 0.15) is 31.4 Å². The fourth-order valence-corrected chi connectivity index (χ4v) is 2.80. The molecule has 0 amide bonds. The number of hydrogen-bond acceptors (Lipinski definition) is 2. The summed E-state index contributed by atoms with van der Waals surface area (Å²) in [6.45, 7) is 0. The number of rotatable bonds is 3. The Hall–Kier alpha value is -0.410. The SMILES string of the molecule is CNC1CCCC(Cc2ccc(Br)cn2)C1. The molecule has 1 saturated carbocycles. The molecule has 2 atom stereocenters. The van der Waals surface area contributed by atoms with E-state index in [1.54, 1.807) is 0 Å². The van der Waals surface area contributed by atoms with E-state index in [9.17, 15) is 0 Å². The molecule has 1 N–H and O–H groups in total. The predicted octanol–water partition coefficient (Wildman–Crippen LogP) is 3.16. The minimum absolute atomic E-state index is 0.717. The Bertz CT molecular complexity index is 323. The van der Waals surface area contributed by atoms with Crippen molar-refractivity contribution in [1.29, 1.82) is 0 Å². The first-order valence-corrected chi connectivity index (χ1v) is 6.85. The molecular weight excluding hydrogens is 264 g/mol. The highest BCUT2D eigenvalue weighted by Crippen LogP contribution is 2.26. The van der Waals surface area contributed by atoms with Gasteiger partial charge in [0, 0.05) is 22.4 Å². The van der Waals surface area contributed by atoms with Gasteiger partial charge in [-0.3, -0.25) is 4.98 Å². The van der Waals surface area contributed by atoms with E-state index in [4.69, 9.17) is 0 Å². The molecule has 0 saturated heterocycles. The molecule has 1 heterocycles. The van der Waals surface area contributed by atoms with Crippen LogP contribution in [0.4, 0.5) is 0 Å². The van der Waals surface area contributed by atoms with E-state index in [1.165, 1.54) is 31.4 Å². The van der Waals surface area contributed by atoms with Crippen molar-refractivity contribution in [3.05, 3.63) is 28.5 Å². The molecule has 1 aromatic rings. The third-order valence-corrected chi connectivity index (χ3v) is 3.95. The predicted molar refractivity (Wildman–Crippen MR) is 70.4 cm³/mol. The summed E-state index contributed by atoms with van der Waals surface area (Å²) in [7, 11) is 2.07. The van der Waals surface area contributed by atoms with E-state index in [0.717, 1.165) is 16.8 Å². The van der Waals surface area contributed by atoms with E-state index < -0.39 is 0 Å². The van der Waals surface area contributed by atoms with Gasteiger partial charge in [-0.15, -0.1) is 0 Å². The number of hydrogen-bond donors (Lipinski definition) is 1. The Morgan fingerprint density at radius 1 is 1.44 bits per heavy atom. The van der Waals surface area contributed by atoms with Crippen molar-refractivity contribution in [2.24, 2.45) is 5.92 Å². The summed E-state index contributed by atoms with van der Waals surface area (Å²) in [5.41, 5.74) is 1.23. The molecule has 2 nitrogen and oxygen atoms in total. The van der Waals surface area contributed by atoms with Crippen LogP contribution in [0, 0.1) is 5.92 Å². The molecule has 0 aliphatic heterocycles. The Morgan fingerprint density at radius 3 is 3.00 bits per heavy atom. The van der Waals surface area contributed by atoms with Crippen molar-refractivity contribution in [2.45, 2.75) is 38.1 Å². The molecule has 0 aromatic carbocycles. The molecule has 2 rings (SSSR count). The maximum atomic E-state index is 4.46. The van der Waals surface area contributed by atoms with Gasteiger partial charge in [-0.2, -0.15) is 0 Å². The summed E-state index contributed by atoms with van der Waals surface area (Å²) in [5.74, 6) is 0.805. The van der Waals surface area contributed by atoms with Gasteiger partial charge >= 0.3 is 0 Å². The zero-order valence-electron chi connectivity index (χ0n) is 9.75. The quantitative estimate of drug-likeness (QED) is 0.921. The van der Waals surface area contributed by atoms with Crippen molar-refractivity contribution in [3.63, 3.8) is 0 Å². The van der Waals surface area contributed by atoms with Gasteiger partial charge in [-0.25, -0.2) is 0 Å². The molecule has 2 unspecified atom stereocenters. The average Bonchev–Trinajstić information content (AvgIpc) is 2.32. The number of pyridine rings is 1. The second-order valence-electron chi connectivity index (χ2n) is 4.69. The van der Waals surface area contributed by atoms with Crippen LogP contribution >= 0.6 is 15.9 Å². The van der Waals surface area contributed by atoms with Gasteiger partial charge in [0.05, 0.1) is 0 Å². The van der Waals surface area contributed by atoms with E-state index in [-0.39, 0.29) is 0 Å². The van der Waals surface area contributed by atoms with E-state index in [0.29, 0.717) is 6.04 Å². The van der Waals surface area contributed by atoms with E-state index in [1.807, 2.05) is 6.20 Å². The highest BCUT2D eigenvalue weighted by atomic mass is 79.9. The molecule has 16 heavy (non-hydrogen) atoms. The first-order chi connectivity index (χ1) is 7.78. The van der Waals surface area contributed by atoms with Gasteiger partial charge in [0.2, 0.25) is 0 Å². The van der Waals surface area contributed by atoms with Crippen LogP contribution in [0.3, 0.4) is 0 Å². The first-order valence-electron chi connectivity index (χ1n) is 6.05. The fraction of sp³-hybridized carbons (Fsp3) is 0.615. The van der Waals surface area contributed by atoms with E-state index >= 15 is 0 Å². The number of nitrogens with one attached hydrogen (secondary N) is 1. The zero-order chi connectivity index (χ0) is 11.4. The number of halogens is 1. The van der Waals surface area contributed by atoms with Gasteiger partial charge in [0.15, 0.2) is 0 Å². The minimum atomic E-state index is 0.717. The number of aromatic nitrogens is 1. The lowest BCUT2D eigenvalue weighted by Gasteiger charge is -2.28. The summed E-state index contributed by atoms with van der Waals surface area (Å²) in [6, 6.07) is 4.93. The summed E-state index contributed by atoms with van der Waals surface area (Å²) in [6.07, 6.45) is 8.37. The Balaban J connectivity index is 1.91. The van der Waals surface area contributed by atoms with Gasteiger partial charge in [-0.1, -0.05) is 6.42 Å². The summed E-state index contributed by atoms with van der Waals surface area (Å²) < 4.78 is 1.06. The van der Waals surface area contributed by atoms with Crippen molar-refractivity contribution in [3.8, 4) is 0 Å². The monoisotopic (exact) mass is 282 g/mol. The minimum Gasteiger partial charge on any atom is -0.317 e. The largest absolute Gasteiger partial charge is 0.317 e. The summed E-state index contributed by atoms with van der Waals surface area (Å²) in [4.78, 5) is 4.46. The third kappa shape index (κ3) is 3.29. The third-order valence-electron chi connectivity index (χ3n) is 3.48. The topological polar surface area (TPSA) is 24.9 Å². The smallest absolute Gasteiger partial charge is 0.0413 e. The molecule has 88 valence electrons. The van der Waals surface area contributed by atoms with Crippen LogP contribution in [0.25, 0.3) is 0 Å².